The number of rotatable bonds is 2. The van der Waals surface area contributed by atoms with Crippen LogP contribution in [0.4, 0.5) is 0 Å². The van der Waals surface area contributed by atoms with E-state index in [1.54, 1.807) is 11.3 Å². The summed E-state index contributed by atoms with van der Waals surface area (Å²) in [7, 11) is 0. The van der Waals surface area contributed by atoms with Gasteiger partial charge < -0.3 is 10.6 Å². The fraction of sp³-hybridized carbons (Fsp3) is 0.438. The highest BCUT2D eigenvalue weighted by atomic mass is 35.5. The molecule has 2 heterocycles. The molecule has 1 saturated heterocycles. The van der Waals surface area contributed by atoms with Crippen LogP contribution in [0.3, 0.4) is 0 Å². The van der Waals surface area contributed by atoms with Gasteiger partial charge in [0.2, 0.25) is 0 Å². The third-order valence-electron chi connectivity index (χ3n) is 4.16. The second kappa shape index (κ2) is 6.77. The zero-order valence-electron chi connectivity index (χ0n) is 12.3. The van der Waals surface area contributed by atoms with Crippen molar-refractivity contribution >= 4 is 39.7 Å². The summed E-state index contributed by atoms with van der Waals surface area (Å²) in [5.41, 5.74) is 0. The zero-order chi connectivity index (χ0) is 14.1. The lowest BCUT2D eigenvalue weighted by atomic mass is 9.89. The summed E-state index contributed by atoms with van der Waals surface area (Å²) in [5.74, 6) is 0.572. The number of fused-ring (bicyclic) bond motifs is 1. The van der Waals surface area contributed by atoms with Gasteiger partial charge in [0.05, 0.1) is 4.88 Å². The maximum absolute atomic E-state index is 12.4. The van der Waals surface area contributed by atoms with E-state index in [1.165, 1.54) is 4.70 Å². The second-order valence-electron chi connectivity index (χ2n) is 5.66. The van der Waals surface area contributed by atoms with Gasteiger partial charge in [-0.1, -0.05) is 25.1 Å². The maximum atomic E-state index is 12.4. The molecule has 3 atom stereocenters. The minimum atomic E-state index is 0. The number of carbonyl (C=O) groups is 1. The Morgan fingerprint density at radius 1 is 1.33 bits per heavy atom. The van der Waals surface area contributed by atoms with Gasteiger partial charge in [0.1, 0.15) is 0 Å². The van der Waals surface area contributed by atoms with Crippen molar-refractivity contribution < 1.29 is 4.79 Å². The van der Waals surface area contributed by atoms with E-state index in [0.717, 1.165) is 23.2 Å². The standard InChI is InChI=1S/C16H20N2OS.ClH/c1-10-7-8-17-11(2)15(10)18-16(19)14-9-12-5-3-4-6-13(12)20-14;/h3-6,9-11,15,17H,7-8H2,1-2H3,(H,18,19);1H. The second-order valence-corrected chi connectivity index (χ2v) is 6.74. The molecule has 21 heavy (non-hydrogen) atoms. The van der Waals surface area contributed by atoms with Crippen LogP contribution in [0.1, 0.15) is 29.9 Å². The molecule has 114 valence electrons. The molecule has 0 bridgehead atoms. The summed E-state index contributed by atoms with van der Waals surface area (Å²) in [5, 5.41) is 7.78. The molecule has 3 nitrogen and oxygen atoms in total. The molecule has 0 saturated carbocycles. The predicted molar refractivity (Wildman–Crippen MR) is 91.6 cm³/mol. The molecule has 1 aliphatic rings. The Bertz CT molecular complexity index is 585. The quantitative estimate of drug-likeness (QED) is 0.888. The molecule has 1 amide bonds. The largest absolute Gasteiger partial charge is 0.347 e. The van der Waals surface area contributed by atoms with Gasteiger partial charge in [-0.05, 0) is 43.3 Å². The maximum Gasteiger partial charge on any atom is 0.261 e. The van der Waals surface area contributed by atoms with Gasteiger partial charge in [-0.15, -0.1) is 23.7 Å². The van der Waals surface area contributed by atoms with Gasteiger partial charge in [0.15, 0.2) is 0 Å². The molecule has 3 unspecified atom stereocenters. The van der Waals surface area contributed by atoms with Crippen LogP contribution in [-0.4, -0.2) is 24.5 Å². The number of thiophene rings is 1. The van der Waals surface area contributed by atoms with Crippen LogP contribution in [-0.2, 0) is 0 Å². The zero-order valence-corrected chi connectivity index (χ0v) is 13.9. The minimum Gasteiger partial charge on any atom is -0.347 e. The first-order valence-corrected chi connectivity index (χ1v) is 7.99. The van der Waals surface area contributed by atoms with E-state index >= 15 is 0 Å². The number of amides is 1. The van der Waals surface area contributed by atoms with Crippen molar-refractivity contribution in [1.29, 1.82) is 0 Å². The van der Waals surface area contributed by atoms with Crippen molar-refractivity contribution in [3.63, 3.8) is 0 Å². The van der Waals surface area contributed by atoms with Crippen LogP contribution in [0.25, 0.3) is 10.1 Å². The SMILES string of the molecule is CC1CCNC(C)C1NC(=O)c1cc2ccccc2s1.Cl. The summed E-state index contributed by atoms with van der Waals surface area (Å²) in [6, 6.07) is 10.7. The molecular weight excluding hydrogens is 304 g/mol. The number of halogens is 1. The van der Waals surface area contributed by atoms with Crippen molar-refractivity contribution in [1.82, 2.24) is 10.6 Å². The summed E-state index contributed by atoms with van der Waals surface area (Å²) < 4.78 is 1.17. The van der Waals surface area contributed by atoms with Crippen LogP contribution < -0.4 is 10.6 Å². The molecule has 0 spiro atoms. The van der Waals surface area contributed by atoms with Gasteiger partial charge in [0.25, 0.3) is 5.91 Å². The van der Waals surface area contributed by atoms with E-state index in [9.17, 15) is 4.79 Å². The van der Waals surface area contributed by atoms with Crippen molar-refractivity contribution in [3.8, 4) is 0 Å². The van der Waals surface area contributed by atoms with Crippen LogP contribution >= 0.6 is 23.7 Å². The molecule has 3 rings (SSSR count). The lowest BCUT2D eigenvalue weighted by molar-refractivity contribution is 0.0902. The Kier molecular flexibility index (Phi) is 5.25. The predicted octanol–water partition coefficient (Wildman–Crippen LogP) is 3.44. The molecule has 0 aliphatic carbocycles. The molecular formula is C16H21ClN2OS. The number of benzene rings is 1. The van der Waals surface area contributed by atoms with Crippen LogP contribution in [0.5, 0.6) is 0 Å². The first-order chi connectivity index (χ1) is 9.65. The lowest BCUT2D eigenvalue weighted by Gasteiger charge is -2.35. The molecule has 5 heteroatoms. The van der Waals surface area contributed by atoms with Crippen molar-refractivity contribution in [2.75, 3.05) is 6.54 Å². The average Bonchev–Trinajstić information content (AvgIpc) is 2.87. The van der Waals surface area contributed by atoms with Gasteiger partial charge in [-0.3, -0.25) is 4.79 Å². The van der Waals surface area contributed by atoms with Crippen molar-refractivity contribution in [2.24, 2.45) is 5.92 Å². The highest BCUT2D eigenvalue weighted by Crippen LogP contribution is 2.26. The summed E-state index contributed by atoms with van der Waals surface area (Å²) >= 11 is 1.56. The molecule has 1 aromatic carbocycles. The van der Waals surface area contributed by atoms with E-state index in [4.69, 9.17) is 0 Å². The number of carbonyl (C=O) groups excluding carboxylic acids is 1. The monoisotopic (exact) mass is 324 g/mol. The summed E-state index contributed by atoms with van der Waals surface area (Å²) in [6.07, 6.45) is 1.11. The highest BCUT2D eigenvalue weighted by molar-refractivity contribution is 7.20. The third-order valence-corrected chi connectivity index (χ3v) is 5.28. The van der Waals surface area contributed by atoms with Crippen LogP contribution in [0, 0.1) is 5.92 Å². The first kappa shape index (κ1) is 16.3. The molecule has 1 aliphatic heterocycles. The number of hydrogen-bond acceptors (Lipinski definition) is 3. The van der Waals surface area contributed by atoms with Crippen LogP contribution in [0.15, 0.2) is 30.3 Å². The number of hydrogen-bond donors (Lipinski definition) is 2. The van der Waals surface area contributed by atoms with E-state index < -0.39 is 0 Å². The lowest BCUT2D eigenvalue weighted by Crippen LogP contribution is -2.55. The van der Waals surface area contributed by atoms with E-state index in [2.05, 4.69) is 36.6 Å². The van der Waals surface area contributed by atoms with Gasteiger partial charge in [0, 0.05) is 16.8 Å². The Morgan fingerprint density at radius 2 is 2.10 bits per heavy atom. The summed E-state index contributed by atoms with van der Waals surface area (Å²) in [4.78, 5) is 13.2. The van der Waals surface area contributed by atoms with Crippen LogP contribution in [0.2, 0.25) is 0 Å². The highest BCUT2D eigenvalue weighted by Gasteiger charge is 2.29. The smallest absolute Gasteiger partial charge is 0.261 e. The number of piperidine rings is 1. The van der Waals surface area contributed by atoms with E-state index in [1.807, 2.05) is 18.2 Å². The van der Waals surface area contributed by atoms with E-state index in [0.29, 0.717) is 12.0 Å². The topological polar surface area (TPSA) is 41.1 Å². The van der Waals surface area contributed by atoms with Gasteiger partial charge in [-0.2, -0.15) is 0 Å². The Hall–Kier alpha value is -1.10. The number of nitrogens with one attached hydrogen (secondary N) is 2. The van der Waals surface area contributed by atoms with E-state index in [-0.39, 0.29) is 24.4 Å². The molecule has 1 aromatic heterocycles. The Balaban J connectivity index is 0.00000161. The Labute approximate surface area is 135 Å². The molecule has 2 aromatic rings. The molecule has 1 fully saturated rings. The Morgan fingerprint density at radius 3 is 2.81 bits per heavy atom. The average molecular weight is 325 g/mol. The fourth-order valence-electron chi connectivity index (χ4n) is 2.92. The molecule has 0 radical (unpaired) electrons. The van der Waals surface area contributed by atoms with Crippen molar-refractivity contribution in [3.05, 3.63) is 35.2 Å². The van der Waals surface area contributed by atoms with Gasteiger partial charge >= 0.3 is 0 Å². The van der Waals surface area contributed by atoms with Crippen molar-refractivity contribution in [2.45, 2.75) is 32.4 Å². The van der Waals surface area contributed by atoms with Gasteiger partial charge in [-0.25, -0.2) is 0 Å². The molecule has 2 N–H and O–H groups in total. The minimum absolute atomic E-state index is 0. The summed E-state index contributed by atoms with van der Waals surface area (Å²) in [6.45, 7) is 5.40. The third kappa shape index (κ3) is 3.39. The first-order valence-electron chi connectivity index (χ1n) is 7.18. The normalized spacial score (nSPS) is 25.3. The fourth-order valence-corrected chi connectivity index (χ4v) is 3.89.